The molecule has 0 bridgehead atoms. The maximum Gasteiger partial charge on any atom is 0.490 e. The molecule has 4 atom stereocenters. The number of anilines is 1. The molecule has 232 valence electrons. The number of nitrogens with one attached hydrogen (secondary N) is 2. The Kier molecular flexibility index (Phi) is 10.0. The zero-order valence-electron chi connectivity index (χ0n) is 24.2. The molecule has 43 heavy (non-hydrogen) atoms. The molecule has 1 aliphatic rings. The average Bonchev–Trinajstić information content (AvgIpc) is 3.37. The van der Waals surface area contributed by atoms with E-state index in [4.69, 9.17) is 16.3 Å². The van der Waals surface area contributed by atoms with Gasteiger partial charge in [-0.25, -0.2) is 4.79 Å². The van der Waals surface area contributed by atoms with Gasteiger partial charge >= 0.3 is 12.1 Å². The van der Waals surface area contributed by atoms with E-state index in [0.717, 1.165) is 23.6 Å². The second kappa shape index (κ2) is 13.4. The van der Waals surface area contributed by atoms with Gasteiger partial charge in [0.05, 0.1) is 6.61 Å². The molecule has 1 aromatic heterocycles. The Morgan fingerprint density at radius 2 is 1.91 bits per heavy atom. The molecule has 0 spiro atoms. The molecule has 0 saturated carbocycles. The number of methoxy groups -OCH3 is 1. The van der Waals surface area contributed by atoms with Crippen LogP contribution in [0.25, 0.3) is 10.9 Å². The van der Waals surface area contributed by atoms with E-state index in [-0.39, 0.29) is 5.92 Å². The standard InChI is InChI=1S/C30H34ClF3N4O5/c1-17(22-13-35-23-8-6-5-7-21(22)23)26(36-27(39)25(16-42-4)43-29(41)30(32,33)34)28(40)38-15-18(14-37(2)3)11-19-12-20(31)9-10-24(19)38/h5-10,12-13,17-18,25-26,35H,11,14-16H2,1-4H3,(H,36,39)/t17?,18-,25?,26?/m1/s1. The Balaban J connectivity index is 1.74. The van der Waals surface area contributed by atoms with Crippen LogP contribution in [0.15, 0.2) is 48.7 Å². The van der Waals surface area contributed by atoms with Crippen LogP contribution < -0.4 is 10.2 Å². The molecule has 2 heterocycles. The van der Waals surface area contributed by atoms with E-state index in [1.165, 1.54) is 0 Å². The van der Waals surface area contributed by atoms with Crippen LogP contribution in [0.2, 0.25) is 5.02 Å². The Bertz CT molecular complexity index is 1480. The number of hydrogen-bond donors (Lipinski definition) is 2. The SMILES string of the molecule is COCC(OC(=O)C(F)(F)F)C(=O)NC(C(=O)N1C[C@@H](CN(C)C)Cc2cc(Cl)ccc21)C(C)c1c[nH]c2ccccc12. The minimum Gasteiger partial charge on any atom is -0.443 e. The number of alkyl halides is 3. The average molecular weight is 623 g/mol. The van der Waals surface area contributed by atoms with Crippen molar-refractivity contribution in [2.45, 2.75) is 37.6 Å². The first kappa shape index (κ1) is 32.3. The number of esters is 1. The number of carbonyl (C=O) groups is 3. The van der Waals surface area contributed by atoms with Crippen molar-refractivity contribution in [3.63, 3.8) is 0 Å². The van der Waals surface area contributed by atoms with Gasteiger partial charge in [0.15, 0.2) is 0 Å². The molecule has 0 saturated heterocycles. The summed E-state index contributed by atoms with van der Waals surface area (Å²) >= 11 is 6.29. The van der Waals surface area contributed by atoms with Gasteiger partial charge in [-0.3, -0.25) is 9.59 Å². The van der Waals surface area contributed by atoms with Gasteiger partial charge in [0, 0.05) is 53.9 Å². The van der Waals surface area contributed by atoms with Gasteiger partial charge < -0.3 is 29.6 Å². The molecule has 0 aliphatic carbocycles. The summed E-state index contributed by atoms with van der Waals surface area (Å²) < 4.78 is 48.3. The third-order valence-electron chi connectivity index (χ3n) is 7.44. The molecule has 1 aliphatic heterocycles. The normalized spacial score (nSPS) is 17.3. The van der Waals surface area contributed by atoms with Crippen LogP contribution >= 0.6 is 11.6 Å². The van der Waals surface area contributed by atoms with E-state index < -0.39 is 48.6 Å². The quantitative estimate of drug-likeness (QED) is 0.327. The number of hydrogen-bond acceptors (Lipinski definition) is 6. The fraction of sp³-hybridized carbons (Fsp3) is 0.433. The monoisotopic (exact) mass is 622 g/mol. The number of benzene rings is 2. The van der Waals surface area contributed by atoms with Crippen molar-refractivity contribution in [3.05, 3.63) is 64.8 Å². The molecule has 0 fully saturated rings. The highest BCUT2D eigenvalue weighted by Gasteiger charge is 2.44. The number of H-pyrrole nitrogens is 1. The first-order valence-electron chi connectivity index (χ1n) is 13.7. The van der Waals surface area contributed by atoms with Crippen LogP contribution in [0, 0.1) is 5.92 Å². The minimum atomic E-state index is -5.32. The van der Waals surface area contributed by atoms with Crippen LogP contribution in [0.3, 0.4) is 0 Å². The van der Waals surface area contributed by atoms with Crippen molar-refractivity contribution in [2.75, 3.05) is 45.8 Å². The number of ether oxygens (including phenoxy) is 2. The molecule has 2 aromatic carbocycles. The van der Waals surface area contributed by atoms with Crippen LogP contribution in [-0.4, -0.2) is 86.9 Å². The minimum absolute atomic E-state index is 0.0404. The van der Waals surface area contributed by atoms with Gasteiger partial charge in [0.1, 0.15) is 6.04 Å². The Morgan fingerprint density at radius 1 is 1.19 bits per heavy atom. The summed E-state index contributed by atoms with van der Waals surface area (Å²) in [5.41, 5.74) is 3.01. The van der Waals surface area contributed by atoms with Crippen LogP contribution in [-0.2, 0) is 30.3 Å². The topological polar surface area (TPSA) is 104 Å². The number of aromatic nitrogens is 1. The van der Waals surface area contributed by atoms with E-state index >= 15 is 0 Å². The van der Waals surface area contributed by atoms with Gasteiger partial charge in [-0.05, 0) is 61.8 Å². The van der Waals surface area contributed by atoms with Crippen molar-refractivity contribution in [2.24, 2.45) is 5.92 Å². The smallest absolute Gasteiger partial charge is 0.443 e. The highest BCUT2D eigenvalue weighted by Crippen LogP contribution is 2.35. The van der Waals surface area contributed by atoms with Crippen LogP contribution in [0.1, 0.15) is 24.0 Å². The first-order valence-corrected chi connectivity index (χ1v) is 14.1. The molecule has 13 heteroatoms. The third-order valence-corrected chi connectivity index (χ3v) is 7.67. The van der Waals surface area contributed by atoms with Crippen LogP contribution in [0.4, 0.5) is 18.9 Å². The second-order valence-electron chi connectivity index (χ2n) is 11.0. The lowest BCUT2D eigenvalue weighted by Gasteiger charge is -2.39. The lowest BCUT2D eigenvalue weighted by atomic mass is 9.88. The molecule has 3 aromatic rings. The molecular formula is C30H34ClF3N4O5. The van der Waals surface area contributed by atoms with Crippen LogP contribution in [0.5, 0.6) is 0 Å². The lowest BCUT2D eigenvalue weighted by molar-refractivity contribution is -0.207. The molecular weight excluding hydrogens is 589 g/mol. The molecule has 0 radical (unpaired) electrons. The highest BCUT2D eigenvalue weighted by atomic mass is 35.5. The van der Waals surface area contributed by atoms with Gasteiger partial charge in [-0.1, -0.05) is 36.7 Å². The maximum atomic E-state index is 14.5. The molecule has 4 rings (SSSR count). The molecule has 3 unspecified atom stereocenters. The van der Waals surface area contributed by atoms with E-state index in [2.05, 4.69) is 15.0 Å². The largest absolute Gasteiger partial charge is 0.490 e. The zero-order chi connectivity index (χ0) is 31.5. The van der Waals surface area contributed by atoms with Gasteiger partial charge in [-0.2, -0.15) is 13.2 Å². The Morgan fingerprint density at radius 3 is 2.58 bits per heavy atom. The summed E-state index contributed by atoms with van der Waals surface area (Å²) in [5, 5.41) is 3.93. The van der Waals surface area contributed by atoms with Crippen molar-refractivity contribution < 1.29 is 37.0 Å². The van der Waals surface area contributed by atoms with E-state index in [0.29, 0.717) is 35.8 Å². The number of nitrogens with zero attached hydrogens (tertiary/aromatic N) is 2. The lowest BCUT2D eigenvalue weighted by Crippen LogP contribution is -2.56. The summed E-state index contributed by atoms with van der Waals surface area (Å²) in [7, 11) is 5.01. The van der Waals surface area contributed by atoms with Crippen molar-refractivity contribution in [3.8, 4) is 0 Å². The number of fused-ring (bicyclic) bond motifs is 2. The predicted molar refractivity (Wildman–Crippen MR) is 156 cm³/mol. The number of para-hydroxylation sites is 1. The molecule has 2 N–H and O–H groups in total. The Hall–Kier alpha value is -3.61. The number of aromatic amines is 1. The number of halogens is 4. The van der Waals surface area contributed by atoms with Gasteiger partial charge in [0.25, 0.3) is 5.91 Å². The summed E-state index contributed by atoms with van der Waals surface area (Å²) in [5.74, 6) is -4.72. The fourth-order valence-corrected chi connectivity index (χ4v) is 5.73. The number of amides is 2. The van der Waals surface area contributed by atoms with Crippen molar-refractivity contribution >= 4 is 46.0 Å². The summed E-state index contributed by atoms with van der Waals surface area (Å²) in [6, 6.07) is 11.4. The van der Waals surface area contributed by atoms with Gasteiger partial charge in [0.2, 0.25) is 12.0 Å². The molecule has 2 amide bonds. The number of carbonyl (C=O) groups excluding carboxylic acids is 3. The summed E-state index contributed by atoms with van der Waals surface area (Å²) in [6.07, 6.45) is -4.86. The zero-order valence-corrected chi connectivity index (χ0v) is 25.0. The summed E-state index contributed by atoms with van der Waals surface area (Å²) in [4.78, 5) is 46.2. The number of rotatable bonds is 10. The first-order chi connectivity index (χ1) is 20.3. The van der Waals surface area contributed by atoms with E-state index in [1.807, 2.05) is 43.3 Å². The predicted octanol–water partition coefficient (Wildman–Crippen LogP) is 4.30. The van der Waals surface area contributed by atoms with Crippen molar-refractivity contribution in [1.29, 1.82) is 0 Å². The second-order valence-corrected chi connectivity index (χ2v) is 11.4. The molecule has 9 nitrogen and oxygen atoms in total. The van der Waals surface area contributed by atoms with Crippen molar-refractivity contribution in [1.82, 2.24) is 15.2 Å². The van der Waals surface area contributed by atoms with E-state index in [1.54, 1.807) is 36.2 Å². The summed E-state index contributed by atoms with van der Waals surface area (Å²) in [6.45, 7) is 2.11. The van der Waals surface area contributed by atoms with Gasteiger partial charge in [-0.15, -0.1) is 0 Å². The third kappa shape index (κ3) is 7.49. The fourth-order valence-electron chi connectivity index (χ4n) is 5.54. The highest BCUT2D eigenvalue weighted by molar-refractivity contribution is 6.30. The maximum absolute atomic E-state index is 14.5. The van der Waals surface area contributed by atoms with E-state index in [9.17, 15) is 27.6 Å². The Labute approximate surface area is 252 Å².